The van der Waals surface area contributed by atoms with Crippen LogP contribution in [0.15, 0.2) is 72.8 Å². The maximum atomic E-state index is 12.8. The second-order valence-electron chi connectivity index (χ2n) is 6.34. The van der Waals surface area contributed by atoms with Crippen LogP contribution >= 0.6 is 23.1 Å². The van der Waals surface area contributed by atoms with Crippen LogP contribution in [0.5, 0.6) is 0 Å². The van der Waals surface area contributed by atoms with Crippen LogP contribution in [0.2, 0.25) is 5.02 Å². The lowest BCUT2D eigenvalue weighted by molar-refractivity contribution is 0.0952. The molecule has 0 bridgehead atoms. The first-order valence-electron chi connectivity index (χ1n) is 8.89. The second-order valence-corrected chi connectivity index (χ2v) is 7.58. The van der Waals surface area contributed by atoms with Gasteiger partial charge in [-0.25, -0.2) is 0 Å². The van der Waals surface area contributed by atoms with Crippen molar-refractivity contribution in [3.63, 3.8) is 0 Å². The number of carbonyl (C=O) groups excluding carboxylic acids is 2. The zero-order valence-electron chi connectivity index (χ0n) is 15.2. The van der Waals surface area contributed by atoms with Crippen LogP contribution in [0.25, 0.3) is 10.1 Å². The predicted molar refractivity (Wildman–Crippen MR) is 117 cm³/mol. The number of halogens is 1. The van der Waals surface area contributed by atoms with Gasteiger partial charge in [0.25, 0.3) is 11.8 Å². The summed E-state index contributed by atoms with van der Waals surface area (Å²) in [5.74, 6) is -0.626. The highest BCUT2D eigenvalue weighted by Crippen LogP contribution is 2.24. The van der Waals surface area contributed by atoms with E-state index in [1.54, 1.807) is 36.4 Å². The van der Waals surface area contributed by atoms with Gasteiger partial charge >= 0.3 is 0 Å². The Kier molecular flexibility index (Phi) is 5.55. The van der Waals surface area contributed by atoms with E-state index in [9.17, 15) is 9.59 Å². The number of hydrogen-bond donors (Lipinski definition) is 2. The molecule has 0 aliphatic heterocycles. The lowest BCUT2D eigenvalue weighted by Crippen LogP contribution is -2.25. The molecule has 0 aliphatic rings. The summed E-state index contributed by atoms with van der Waals surface area (Å²) >= 11 is 7.16. The molecule has 0 atom stereocenters. The van der Waals surface area contributed by atoms with E-state index in [-0.39, 0.29) is 11.8 Å². The third-order valence-electron chi connectivity index (χ3n) is 4.38. The number of rotatable bonds is 5. The monoisotopic (exact) mass is 421 g/mol. The molecule has 0 aliphatic carbocycles. The maximum Gasteiger partial charge on any atom is 0.276 e. The number of para-hydroxylation sites is 1. The number of nitrogens with one attached hydrogen (secondary N) is 2. The molecule has 0 fully saturated rings. The van der Waals surface area contributed by atoms with Crippen LogP contribution in [0.4, 0.5) is 5.69 Å². The summed E-state index contributed by atoms with van der Waals surface area (Å²) in [6.07, 6.45) is 0. The van der Waals surface area contributed by atoms with Crippen LogP contribution in [-0.2, 0) is 6.54 Å². The lowest BCUT2D eigenvalue weighted by atomic mass is 10.1. The molecular weight excluding hydrogens is 406 g/mol. The van der Waals surface area contributed by atoms with E-state index in [0.717, 1.165) is 15.6 Å². The Hall–Kier alpha value is -3.22. The highest BCUT2D eigenvalue weighted by Gasteiger charge is 2.17. The molecular formula is C22H16ClN3O2S. The fourth-order valence-electron chi connectivity index (χ4n) is 2.90. The van der Waals surface area contributed by atoms with E-state index < -0.39 is 0 Å². The minimum atomic E-state index is -0.347. The maximum absolute atomic E-state index is 12.8. The zero-order chi connectivity index (χ0) is 20.2. The molecule has 0 saturated carbocycles. The fourth-order valence-corrected chi connectivity index (χ4v) is 3.80. The van der Waals surface area contributed by atoms with Crippen molar-refractivity contribution in [3.8, 4) is 0 Å². The van der Waals surface area contributed by atoms with Crippen LogP contribution in [0, 0.1) is 0 Å². The average Bonchev–Trinajstić information content (AvgIpc) is 3.18. The predicted octanol–water partition coefficient (Wildman–Crippen LogP) is 5.13. The average molecular weight is 422 g/mol. The molecule has 4 aromatic rings. The molecule has 5 nitrogen and oxygen atoms in total. The van der Waals surface area contributed by atoms with Gasteiger partial charge < -0.3 is 10.6 Å². The Morgan fingerprint density at radius 2 is 1.62 bits per heavy atom. The molecule has 0 saturated heterocycles. The van der Waals surface area contributed by atoms with E-state index in [1.807, 2.05) is 36.4 Å². The van der Waals surface area contributed by atoms with Crippen LogP contribution in [0.3, 0.4) is 0 Å². The molecule has 144 valence electrons. The summed E-state index contributed by atoms with van der Waals surface area (Å²) in [6, 6.07) is 21.7. The Bertz CT molecular complexity index is 1190. The molecule has 0 unspecified atom stereocenters. The molecule has 29 heavy (non-hydrogen) atoms. The van der Waals surface area contributed by atoms with Gasteiger partial charge in [-0.3, -0.25) is 9.59 Å². The number of anilines is 1. The quantitative estimate of drug-likeness (QED) is 0.469. The highest BCUT2D eigenvalue weighted by molar-refractivity contribution is 7.13. The number of fused-ring (bicyclic) bond motifs is 1. The molecule has 3 aromatic carbocycles. The number of hydrogen-bond acceptors (Lipinski definition) is 4. The smallest absolute Gasteiger partial charge is 0.276 e. The number of benzene rings is 3. The van der Waals surface area contributed by atoms with Gasteiger partial charge in [-0.1, -0.05) is 54.1 Å². The highest BCUT2D eigenvalue weighted by atomic mass is 35.5. The molecule has 0 spiro atoms. The second kappa shape index (κ2) is 8.43. The van der Waals surface area contributed by atoms with E-state index in [0.29, 0.717) is 28.5 Å². The molecule has 1 aromatic heterocycles. The Morgan fingerprint density at radius 3 is 2.45 bits per heavy atom. The summed E-state index contributed by atoms with van der Waals surface area (Å²) in [5, 5.41) is 7.12. The first-order chi connectivity index (χ1) is 14.1. The van der Waals surface area contributed by atoms with Crippen molar-refractivity contribution < 1.29 is 9.59 Å². The van der Waals surface area contributed by atoms with E-state index >= 15 is 0 Å². The van der Waals surface area contributed by atoms with Gasteiger partial charge in [0, 0.05) is 17.0 Å². The summed E-state index contributed by atoms with van der Waals surface area (Å²) in [6.45, 7) is 0.356. The zero-order valence-corrected chi connectivity index (χ0v) is 16.8. The van der Waals surface area contributed by atoms with Gasteiger partial charge in [0.15, 0.2) is 0 Å². The van der Waals surface area contributed by atoms with Gasteiger partial charge in [0.1, 0.15) is 5.69 Å². The molecule has 0 radical (unpaired) electrons. The van der Waals surface area contributed by atoms with E-state index in [4.69, 9.17) is 11.6 Å². The third-order valence-corrected chi connectivity index (χ3v) is 5.46. The summed E-state index contributed by atoms with van der Waals surface area (Å²) < 4.78 is 5.20. The third kappa shape index (κ3) is 4.29. The van der Waals surface area contributed by atoms with Crippen LogP contribution in [-0.4, -0.2) is 16.2 Å². The minimum absolute atomic E-state index is 0.279. The van der Waals surface area contributed by atoms with Gasteiger partial charge in [-0.05, 0) is 47.4 Å². The van der Waals surface area contributed by atoms with Gasteiger partial charge in [-0.15, -0.1) is 0 Å². The number of carbonyl (C=O) groups is 2. The molecule has 2 amide bonds. The summed E-state index contributed by atoms with van der Waals surface area (Å²) in [7, 11) is 0. The van der Waals surface area contributed by atoms with Gasteiger partial charge in [-0.2, -0.15) is 4.37 Å². The first-order valence-corrected chi connectivity index (χ1v) is 10.0. The van der Waals surface area contributed by atoms with Crippen molar-refractivity contribution in [2.75, 3.05) is 5.32 Å². The molecule has 2 N–H and O–H groups in total. The van der Waals surface area contributed by atoms with Crippen LogP contribution < -0.4 is 10.6 Å². The Labute approximate surface area is 176 Å². The fraction of sp³-hybridized carbons (Fsp3) is 0.0455. The SMILES string of the molecule is O=C(NCc1ccc(Cl)cc1)c1ccccc1NC(=O)c1nsc2ccccc12. The Balaban J connectivity index is 1.51. The molecule has 7 heteroatoms. The standard InChI is InChI=1S/C22H16ClN3O2S/c23-15-11-9-14(10-12-15)13-24-21(27)16-5-1-3-7-18(16)25-22(28)20-17-6-2-4-8-19(17)29-26-20/h1-12H,13H2,(H,24,27)(H,25,28). The first kappa shape index (κ1) is 19.1. The normalized spacial score (nSPS) is 10.7. The topological polar surface area (TPSA) is 71.1 Å². The minimum Gasteiger partial charge on any atom is -0.348 e. The summed E-state index contributed by atoms with van der Waals surface area (Å²) in [4.78, 5) is 25.4. The summed E-state index contributed by atoms with van der Waals surface area (Å²) in [5.41, 5.74) is 2.10. The largest absolute Gasteiger partial charge is 0.348 e. The van der Waals surface area contributed by atoms with E-state index in [2.05, 4.69) is 15.0 Å². The van der Waals surface area contributed by atoms with Crippen molar-refractivity contribution in [2.45, 2.75) is 6.54 Å². The van der Waals surface area contributed by atoms with E-state index in [1.165, 1.54) is 11.5 Å². The van der Waals surface area contributed by atoms with Crippen molar-refractivity contribution in [2.24, 2.45) is 0 Å². The number of aromatic nitrogens is 1. The van der Waals surface area contributed by atoms with Gasteiger partial charge in [0.05, 0.1) is 16.0 Å². The van der Waals surface area contributed by atoms with Crippen LogP contribution in [0.1, 0.15) is 26.4 Å². The van der Waals surface area contributed by atoms with Gasteiger partial charge in [0.2, 0.25) is 0 Å². The Morgan fingerprint density at radius 1 is 0.897 bits per heavy atom. The van der Waals surface area contributed by atoms with Crippen molar-refractivity contribution in [1.29, 1.82) is 0 Å². The number of nitrogens with zero attached hydrogens (tertiary/aromatic N) is 1. The lowest BCUT2D eigenvalue weighted by Gasteiger charge is -2.11. The molecule has 1 heterocycles. The van der Waals surface area contributed by atoms with Crippen molar-refractivity contribution >= 4 is 50.7 Å². The number of amides is 2. The molecule has 4 rings (SSSR count). The van der Waals surface area contributed by atoms with Crippen molar-refractivity contribution in [3.05, 3.63) is 94.6 Å². The van der Waals surface area contributed by atoms with Crippen molar-refractivity contribution in [1.82, 2.24) is 9.69 Å².